The quantitative estimate of drug-likeness (QED) is 0.830. The summed E-state index contributed by atoms with van der Waals surface area (Å²) in [6.07, 6.45) is 3.54. The molecule has 0 saturated heterocycles. The molecule has 1 aliphatic rings. The summed E-state index contributed by atoms with van der Waals surface area (Å²) in [7, 11) is 0. The fraction of sp³-hybridized carbons (Fsp3) is 0.176. The highest BCUT2D eigenvalue weighted by Crippen LogP contribution is 2.39. The predicted octanol–water partition coefficient (Wildman–Crippen LogP) is 3.36. The second-order valence-electron chi connectivity index (χ2n) is 5.63. The minimum absolute atomic E-state index is 0.466. The number of benzene rings is 1. The van der Waals surface area contributed by atoms with Crippen LogP contribution in [0.1, 0.15) is 30.7 Å². The van der Waals surface area contributed by atoms with Crippen molar-refractivity contribution in [3.63, 3.8) is 0 Å². The Labute approximate surface area is 128 Å². The van der Waals surface area contributed by atoms with Gasteiger partial charge in [0.25, 0.3) is 0 Å². The monoisotopic (exact) mass is 293 g/mol. The van der Waals surface area contributed by atoms with E-state index in [0.29, 0.717) is 11.3 Å². The average molecular weight is 293 g/mol. The molecule has 2 N–H and O–H groups in total. The molecule has 0 spiro atoms. The zero-order valence-corrected chi connectivity index (χ0v) is 12.3. The number of hydrogen-bond donors (Lipinski definition) is 2. The van der Waals surface area contributed by atoms with Crippen LogP contribution in [0.4, 0.5) is 5.69 Å². The lowest BCUT2D eigenvalue weighted by atomic mass is 9.91. The van der Waals surface area contributed by atoms with Gasteiger partial charge in [0.1, 0.15) is 11.4 Å². The molecule has 0 fully saturated rings. The molecule has 1 aliphatic heterocycles. The minimum Gasteiger partial charge on any atom is -0.483 e. The molecule has 0 radical (unpaired) electrons. The SMILES string of the molecule is CC1(C)C=C(c2ccc(NO)cn2)c2cc(C#N)ccc2O1. The fourth-order valence-corrected chi connectivity index (χ4v) is 2.47. The maximum Gasteiger partial charge on any atom is 0.128 e. The molecule has 1 aromatic heterocycles. The zero-order chi connectivity index (χ0) is 15.7. The van der Waals surface area contributed by atoms with E-state index in [-0.39, 0.29) is 0 Å². The Morgan fingerprint density at radius 2 is 2.09 bits per heavy atom. The van der Waals surface area contributed by atoms with Gasteiger partial charge in [0.2, 0.25) is 0 Å². The Balaban J connectivity index is 2.15. The second-order valence-corrected chi connectivity index (χ2v) is 5.63. The third-order valence-corrected chi connectivity index (χ3v) is 3.43. The molecule has 0 amide bonds. The highest BCUT2D eigenvalue weighted by atomic mass is 16.5. The van der Waals surface area contributed by atoms with Gasteiger partial charge in [0, 0.05) is 11.1 Å². The minimum atomic E-state index is -0.466. The maximum atomic E-state index is 9.11. The van der Waals surface area contributed by atoms with Crippen LogP contribution in [0.5, 0.6) is 5.75 Å². The number of nitrogens with zero attached hydrogens (tertiary/aromatic N) is 2. The first kappa shape index (κ1) is 14.1. The Hall–Kier alpha value is -2.84. The van der Waals surface area contributed by atoms with Gasteiger partial charge in [-0.15, -0.1) is 0 Å². The van der Waals surface area contributed by atoms with E-state index in [9.17, 15) is 0 Å². The fourth-order valence-electron chi connectivity index (χ4n) is 2.47. The summed E-state index contributed by atoms with van der Waals surface area (Å²) < 4.78 is 5.95. The van der Waals surface area contributed by atoms with Crippen molar-refractivity contribution in [2.24, 2.45) is 0 Å². The standard InChI is InChI=1S/C17H15N3O2/c1-17(2)8-14(15-5-4-12(20-21)10-19-15)13-7-11(9-18)3-6-16(13)22-17/h3-8,10,20-21H,1-2H3. The van der Waals surface area contributed by atoms with Crippen LogP contribution in [0.15, 0.2) is 42.6 Å². The van der Waals surface area contributed by atoms with Gasteiger partial charge in [-0.3, -0.25) is 15.7 Å². The van der Waals surface area contributed by atoms with E-state index >= 15 is 0 Å². The maximum absolute atomic E-state index is 9.11. The number of nitriles is 1. The Bertz CT molecular complexity index is 787. The molecule has 22 heavy (non-hydrogen) atoms. The van der Waals surface area contributed by atoms with Gasteiger partial charge in [-0.25, -0.2) is 0 Å². The number of anilines is 1. The van der Waals surface area contributed by atoms with Crippen LogP contribution in [0.3, 0.4) is 0 Å². The first-order valence-corrected chi connectivity index (χ1v) is 6.85. The van der Waals surface area contributed by atoms with Crippen LogP contribution >= 0.6 is 0 Å². The number of rotatable bonds is 2. The molecule has 2 aromatic rings. The van der Waals surface area contributed by atoms with Crippen molar-refractivity contribution in [1.29, 1.82) is 5.26 Å². The predicted molar refractivity (Wildman–Crippen MR) is 82.6 cm³/mol. The van der Waals surface area contributed by atoms with E-state index in [0.717, 1.165) is 22.6 Å². The van der Waals surface area contributed by atoms with Crippen molar-refractivity contribution >= 4 is 11.3 Å². The topological polar surface area (TPSA) is 78.2 Å². The summed E-state index contributed by atoms with van der Waals surface area (Å²) in [5.74, 6) is 0.729. The number of hydrogen-bond acceptors (Lipinski definition) is 5. The van der Waals surface area contributed by atoms with Crippen molar-refractivity contribution in [3.8, 4) is 11.8 Å². The summed E-state index contributed by atoms with van der Waals surface area (Å²) in [6, 6.07) is 11.0. The molecule has 0 aliphatic carbocycles. The van der Waals surface area contributed by atoms with Crippen LogP contribution in [0.2, 0.25) is 0 Å². The first-order valence-electron chi connectivity index (χ1n) is 6.85. The zero-order valence-electron chi connectivity index (χ0n) is 12.3. The molecular weight excluding hydrogens is 278 g/mol. The van der Waals surface area contributed by atoms with E-state index in [1.165, 1.54) is 0 Å². The molecule has 5 nitrogen and oxygen atoms in total. The summed E-state index contributed by atoms with van der Waals surface area (Å²) >= 11 is 0. The Morgan fingerprint density at radius 3 is 2.73 bits per heavy atom. The van der Waals surface area contributed by atoms with E-state index in [2.05, 4.69) is 16.5 Å². The molecule has 3 rings (SSSR count). The molecule has 5 heteroatoms. The molecular formula is C17H15N3O2. The second kappa shape index (κ2) is 5.17. The summed E-state index contributed by atoms with van der Waals surface area (Å²) in [5, 5.41) is 18.0. The molecule has 0 atom stereocenters. The lowest BCUT2D eigenvalue weighted by Crippen LogP contribution is -2.29. The van der Waals surface area contributed by atoms with Crippen LogP contribution in [-0.4, -0.2) is 15.8 Å². The molecule has 2 heterocycles. The number of pyridine rings is 1. The van der Waals surface area contributed by atoms with Crippen molar-refractivity contribution in [2.45, 2.75) is 19.4 Å². The summed E-state index contributed by atoms with van der Waals surface area (Å²) in [4.78, 5) is 4.36. The lowest BCUT2D eigenvalue weighted by molar-refractivity contribution is 0.158. The Kier molecular flexibility index (Phi) is 3.32. The van der Waals surface area contributed by atoms with Gasteiger partial charge in [-0.05, 0) is 50.3 Å². The molecule has 0 saturated carbocycles. The van der Waals surface area contributed by atoms with Crippen molar-refractivity contribution in [3.05, 3.63) is 59.4 Å². The average Bonchev–Trinajstić information content (AvgIpc) is 2.53. The van der Waals surface area contributed by atoms with Crippen LogP contribution in [0.25, 0.3) is 5.57 Å². The van der Waals surface area contributed by atoms with E-state index in [4.69, 9.17) is 15.2 Å². The van der Waals surface area contributed by atoms with Crippen molar-refractivity contribution in [2.75, 3.05) is 5.48 Å². The van der Waals surface area contributed by atoms with Crippen molar-refractivity contribution in [1.82, 2.24) is 4.98 Å². The smallest absolute Gasteiger partial charge is 0.128 e. The van der Waals surface area contributed by atoms with E-state index < -0.39 is 5.60 Å². The van der Waals surface area contributed by atoms with Crippen LogP contribution in [-0.2, 0) is 0 Å². The Morgan fingerprint density at radius 1 is 1.27 bits per heavy atom. The van der Waals surface area contributed by atoms with Gasteiger partial charge in [0.05, 0.1) is 29.2 Å². The van der Waals surface area contributed by atoms with Gasteiger partial charge < -0.3 is 4.74 Å². The largest absolute Gasteiger partial charge is 0.483 e. The molecule has 1 aromatic carbocycles. The van der Waals surface area contributed by atoms with Crippen molar-refractivity contribution < 1.29 is 9.94 Å². The van der Waals surface area contributed by atoms with Gasteiger partial charge in [-0.2, -0.15) is 5.26 Å². The van der Waals surface area contributed by atoms with Gasteiger partial charge in [-0.1, -0.05) is 0 Å². The number of fused-ring (bicyclic) bond motifs is 1. The third kappa shape index (κ3) is 2.52. The third-order valence-electron chi connectivity index (χ3n) is 3.43. The van der Waals surface area contributed by atoms with Crippen LogP contribution < -0.4 is 10.2 Å². The van der Waals surface area contributed by atoms with Gasteiger partial charge >= 0.3 is 0 Å². The van der Waals surface area contributed by atoms with E-state index in [1.807, 2.05) is 32.1 Å². The number of nitrogens with one attached hydrogen (secondary N) is 1. The lowest BCUT2D eigenvalue weighted by Gasteiger charge is -2.31. The number of aromatic nitrogens is 1. The highest BCUT2D eigenvalue weighted by molar-refractivity contribution is 5.84. The van der Waals surface area contributed by atoms with Gasteiger partial charge in [0.15, 0.2) is 0 Å². The molecule has 0 unspecified atom stereocenters. The molecule has 0 bridgehead atoms. The summed E-state index contributed by atoms with van der Waals surface area (Å²) in [6.45, 7) is 3.94. The van der Waals surface area contributed by atoms with Crippen LogP contribution in [0, 0.1) is 11.3 Å². The highest BCUT2D eigenvalue weighted by Gasteiger charge is 2.27. The molecule has 110 valence electrons. The van der Waals surface area contributed by atoms with E-state index in [1.54, 1.807) is 24.4 Å². The normalized spacial score (nSPS) is 15.1. The first-order chi connectivity index (χ1) is 10.5. The number of ether oxygens (including phenoxy) is 1. The summed E-state index contributed by atoms with van der Waals surface area (Å²) in [5.41, 5.74) is 5.19.